The van der Waals surface area contributed by atoms with Crippen molar-refractivity contribution >= 4 is 33.6 Å². The third-order valence-corrected chi connectivity index (χ3v) is 4.04. The molecular weight excluding hydrogens is 347 g/mol. The number of nitrogens with one attached hydrogen (secondary N) is 1. The molecule has 21 heavy (non-hydrogen) atoms. The van der Waals surface area contributed by atoms with Crippen LogP contribution in [-0.4, -0.2) is 37.3 Å². The van der Waals surface area contributed by atoms with Crippen molar-refractivity contribution in [2.24, 2.45) is 0 Å². The maximum atomic E-state index is 13.7. The molecule has 0 radical (unpaired) electrons. The van der Waals surface area contributed by atoms with E-state index >= 15 is 0 Å². The number of carbonyl (C=O) groups excluding carboxylic acids is 2. The first-order valence-corrected chi connectivity index (χ1v) is 7.13. The van der Waals surface area contributed by atoms with E-state index in [4.69, 9.17) is 9.47 Å². The lowest BCUT2D eigenvalue weighted by Crippen LogP contribution is -2.47. The van der Waals surface area contributed by atoms with E-state index in [-0.39, 0.29) is 23.5 Å². The van der Waals surface area contributed by atoms with E-state index in [1.165, 1.54) is 24.0 Å². The minimum atomic E-state index is -0.568. The van der Waals surface area contributed by atoms with Gasteiger partial charge in [-0.1, -0.05) is 0 Å². The largest absolute Gasteiger partial charge is 0.489 e. The van der Waals surface area contributed by atoms with Crippen molar-refractivity contribution in [3.63, 3.8) is 0 Å². The van der Waals surface area contributed by atoms with Gasteiger partial charge in [-0.2, -0.15) is 0 Å². The number of benzene rings is 1. The van der Waals surface area contributed by atoms with Crippen molar-refractivity contribution < 1.29 is 23.5 Å². The van der Waals surface area contributed by atoms with Crippen LogP contribution in [0.15, 0.2) is 16.6 Å². The number of ether oxygens (including phenoxy) is 2. The summed E-state index contributed by atoms with van der Waals surface area (Å²) in [6, 6.07) is 2.32. The molecule has 2 unspecified atom stereocenters. The SMILES string of the molecule is CC(=O)NCC1OC(=O)N2c3cc(F)c(Br)cc3OCC12. The second-order valence-corrected chi connectivity index (χ2v) is 5.70. The van der Waals surface area contributed by atoms with Gasteiger partial charge in [0.1, 0.15) is 30.3 Å². The summed E-state index contributed by atoms with van der Waals surface area (Å²) in [5.74, 6) is -0.288. The number of nitrogens with zero attached hydrogens (tertiary/aromatic N) is 1. The number of anilines is 1. The fourth-order valence-electron chi connectivity index (χ4n) is 2.44. The zero-order valence-electron chi connectivity index (χ0n) is 11.1. The molecule has 0 aliphatic carbocycles. The summed E-state index contributed by atoms with van der Waals surface area (Å²) in [7, 11) is 0. The molecule has 1 saturated heterocycles. The molecule has 2 aliphatic rings. The standard InChI is InChI=1S/C13H12BrFN2O4/c1-6(18)16-4-12-10-5-20-11-2-7(14)8(15)3-9(11)17(10)13(19)21-12/h2-3,10,12H,4-5H2,1H3,(H,16,18). The average Bonchev–Trinajstić information content (AvgIpc) is 2.75. The van der Waals surface area contributed by atoms with E-state index in [1.54, 1.807) is 0 Å². The Morgan fingerprint density at radius 1 is 1.57 bits per heavy atom. The highest BCUT2D eigenvalue weighted by atomic mass is 79.9. The van der Waals surface area contributed by atoms with Crippen molar-refractivity contribution in [3.8, 4) is 5.75 Å². The van der Waals surface area contributed by atoms with Crippen molar-refractivity contribution in [2.45, 2.75) is 19.1 Å². The number of carbonyl (C=O) groups is 2. The summed E-state index contributed by atoms with van der Waals surface area (Å²) in [6.07, 6.45) is -1.09. The number of amides is 2. The topological polar surface area (TPSA) is 67.9 Å². The number of hydrogen-bond donors (Lipinski definition) is 1. The molecule has 0 saturated carbocycles. The van der Waals surface area contributed by atoms with Crippen molar-refractivity contribution in [3.05, 3.63) is 22.4 Å². The van der Waals surface area contributed by atoms with Gasteiger partial charge in [0.15, 0.2) is 0 Å². The Bertz CT molecular complexity index is 624. The molecule has 3 rings (SSSR count). The fourth-order valence-corrected chi connectivity index (χ4v) is 2.77. The third-order valence-electron chi connectivity index (χ3n) is 3.43. The highest BCUT2D eigenvalue weighted by Crippen LogP contribution is 2.41. The molecular formula is C13H12BrFN2O4. The third kappa shape index (κ3) is 2.44. The van der Waals surface area contributed by atoms with Gasteiger partial charge in [0, 0.05) is 13.0 Å². The second-order valence-electron chi connectivity index (χ2n) is 4.84. The molecule has 2 atom stereocenters. The molecule has 112 valence electrons. The van der Waals surface area contributed by atoms with Gasteiger partial charge >= 0.3 is 6.09 Å². The molecule has 1 fully saturated rings. The Labute approximate surface area is 128 Å². The second kappa shape index (κ2) is 5.18. The van der Waals surface area contributed by atoms with Crippen LogP contribution in [0.3, 0.4) is 0 Å². The van der Waals surface area contributed by atoms with Gasteiger partial charge < -0.3 is 14.8 Å². The number of rotatable bonds is 2. The van der Waals surface area contributed by atoms with Crippen LogP contribution < -0.4 is 15.0 Å². The van der Waals surface area contributed by atoms with Gasteiger partial charge in [-0.25, -0.2) is 9.18 Å². The van der Waals surface area contributed by atoms with Crippen LogP contribution in [0.1, 0.15) is 6.92 Å². The fraction of sp³-hybridized carbons (Fsp3) is 0.385. The van der Waals surface area contributed by atoms with Gasteiger partial charge in [-0.05, 0) is 22.0 Å². The van der Waals surface area contributed by atoms with Crippen molar-refractivity contribution in [1.29, 1.82) is 0 Å². The smallest absolute Gasteiger partial charge is 0.415 e. The minimum absolute atomic E-state index is 0.194. The summed E-state index contributed by atoms with van der Waals surface area (Å²) in [4.78, 5) is 24.4. The Kier molecular flexibility index (Phi) is 3.48. The first kappa shape index (κ1) is 14.1. The zero-order valence-corrected chi connectivity index (χ0v) is 12.6. The van der Waals surface area contributed by atoms with Crippen LogP contribution in [0.5, 0.6) is 5.75 Å². The zero-order chi connectivity index (χ0) is 15.1. The summed E-state index contributed by atoms with van der Waals surface area (Å²) in [5, 5.41) is 2.61. The molecule has 2 amide bonds. The van der Waals surface area contributed by atoms with E-state index in [1.807, 2.05) is 0 Å². The molecule has 2 aliphatic heterocycles. The number of hydrogen-bond acceptors (Lipinski definition) is 4. The maximum Gasteiger partial charge on any atom is 0.415 e. The van der Waals surface area contributed by atoms with E-state index in [0.29, 0.717) is 11.4 Å². The lowest BCUT2D eigenvalue weighted by Gasteiger charge is -2.31. The van der Waals surface area contributed by atoms with Crippen molar-refractivity contribution in [1.82, 2.24) is 5.32 Å². The molecule has 2 heterocycles. The molecule has 6 nitrogen and oxygen atoms in total. The van der Waals surface area contributed by atoms with E-state index in [0.717, 1.165) is 0 Å². The first-order valence-electron chi connectivity index (χ1n) is 6.33. The highest BCUT2D eigenvalue weighted by Gasteiger charge is 2.46. The first-order chi connectivity index (χ1) is 9.97. The predicted molar refractivity (Wildman–Crippen MR) is 74.8 cm³/mol. The van der Waals surface area contributed by atoms with Gasteiger partial charge in [0.05, 0.1) is 16.7 Å². The van der Waals surface area contributed by atoms with E-state index in [9.17, 15) is 14.0 Å². The normalized spacial score (nSPS) is 23.0. The maximum absolute atomic E-state index is 13.7. The van der Waals surface area contributed by atoms with Gasteiger partial charge in [0.2, 0.25) is 5.91 Å². The van der Waals surface area contributed by atoms with Crippen LogP contribution in [0.2, 0.25) is 0 Å². The van der Waals surface area contributed by atoms with Crippen LogP contribution in [0, 0.1) is 5.82 Å². The lowest BCUT2D eigenvalue weighted by molar-refractivity contribution is -0.119. The molecule has 0 spiro atoms. The number of halogens is 2. The molecule has 0 bridgehead atoms. The quantitative estimate of drug-likeness (QED) is 0.875. The number of fused-ring (bicyclic) bond motifs is 3. The Hall–Kier alpha value is -1.83. The Morgan fingerprint density at radius 3 is 3.05 bits per heavy atom. The van der Waals surface area contributed by atoms with Gasteiger partial charge in [0.25, 0.3) is 0 Å². The summed E-state index contributed by atoms with van der Waals surface area (Å²) in [5.41, 5.74) is 0.335. The minimum Gasteiger partial charge on any atom is -0.489 e. The summed E-state index contributed by atoms with van der Waals surface area (Å²) in [6.45, 7) is 1.80. The van der Waals surface area contributed by atoms with Crippen molar-refractivity contribution in [2.75, 3.05) is 18.1 Å². The van der Waals surface area contributed by atoms with Crippen LogP contribution in [-0.2, 0) is 9.53 Å². The highest BCUT2D eigenvalue weighted by molar-refractivity contribution is 9.10. The summed E-state index contributed by atoms with van der Waals surface area (Å²) < 4.78 is 24.8. The van der Waals surface area contributed by atoms with Gasteiger partial charge in [-0.3, -0.25) is 9.69 Å². The van der Waals surface area contributed by atoms with E-state index < -0.39 is 24.1 Å². The predicted octanol–water partition coefficient (Wildman–Crippen LogP) is 1.81. The van der Waals surface area contributed by atoms with Crippen LogP contribution in [0.4, 0.5) is 14.9 Å². The number of cyclic esters (lactones) is 1. The Balaban J connectivity index is 1.90. The van der Waals surface area contributed by atoms with Crippen LogP contribution >= 0.6 is 15.9 Å². The molecule has 8 heteroatoms. The average molecular weight is 359 g/mol. The molecule has 1 aromatic carbocycles. The Morgan fingerprint density at radius 2 is 2.33 bits per heavy atom. The molecule has 1 aromatic rings. The monoisotopic (exact) mass is 358 g/mol. The van der Waals surface area contributed by atoms with Crippen LogP contribution in [0.25, 0.3) is 0 Å². The van der Waals surface area contributed by atoms with Gasteiger partial charge in [-0.15, -0.1) is 0 Å². The molecule has 0 aromatic heterocycles. The van der Waals surface area contributed by atoms with E-state index in [2.05, 4.69) is 21.2 Å². The lowest BCUT2D eigenvalue weighted by atomic mass is 10.1. The molecule has 1 N–H and O–H groups in total. The summed E-state index contributed by atoms with van der Waals surface area (Å²) >= 11 is 3.08.